The van der Waals surface area contributed by atoms with E-state index in [1.165, 1.54) is 11.5 Å². The number of nitrogens with one attached hydrogen (secondary N) is 1. The second-order valence-electron chi connectivity index (χ2n) is 5.47. The van der Waals surface area contributed by atoms with Gasteiger partial charge in [0.2, 0.25) is 0 Å². The van der Waals surface area contributed by atoms with Crippen LogP contribution >= 0.6 is 11.5 Å². The molecule has 1 aliphatic rings. The molecule has 5 nitrogen and oxygen atoms in total. The highest BCUT2D eigenvalue weighted by atomic mass is 32.1. The van der Waals surface area contributed by atoms with Gasteiger partial charge in [-0.1, -0.05) is 6.92 Å². The molecule has 6 heteroatoms. The number of ether oxygens (including phenoxy) is 2. The lowest BCUT2D eigenvalue weighted by atomic mass is 9.82. The van der Waals surface area contributed by atoms with Gasteiger partial charge < -0.3 is 14.8 Å². The van der Waals surface area contributed by atoms with Crippen molar-refractivity contribution in [2.45, 2.75) is 33.6 Å². The van der Waals surface area contributed by atoms with Gasteiger partial charge in [-0.05, 0) is 43.6 Å². The molecule has 112 valence electrons. The van der Waals surface area contributed by atoms with Crippen LogP contribution in [0.15, 0.2) is 0 Å². The molecule has 0 bridgehead atoms. The highest BCUT2D eigenvalue weighted by molar-refractivity contribution is 7.10. The van der Waals surface area contributed by atoms with E-state index in [1.807, 2.05) is 13.8 Å². The maximum Gasteiger partial charge on any atom is 0.343 e. The Morgan fingerprint density at radius 3 is 2.85 bits per heavy atom. The summed E-state index contributed by atoms with van der Waals surface area (Å²) in [5.41, 5.74) is 1.52. The van der Waals surface area contributed by atoms with E-state index in [9.17, 15) is 4.79 Å². The molecule has 1 aromatic heterocycles. The van der Waals surface area contributed by atoms with Crippen LogP contribution in [0.2, 0.25) is 0 Å². The van der Waals surface area contributed by atoms with Gasteiger partial charge in [0.1, 0.15) is 10.6 Å². The fraction of sp³-hybridized carbons (Fsp3) is 0.714. The van der Waals surface area contributed by atoms with E-state index < -0.39 is 0 Å². The third kappa shape index (κ3) is 3.49. The van der Waals surface area contributed by atoms with Crippen LogP contribution in [0.5, 0.6) is 0 Å². The third-order valence-electron chi connectivity index (χ3n) is 3.72. The van der Waals surface area contributed by atoms with E-state index in [-0.39, 0.29) is 11.4 Å². The number of nitrogens with zero attached hydrogens (tertiary/aromatic N) is 1. The molecular formula is C14H22N2O3S. The van der Waals surface area contributed by atoms with E-state index in [4.69, 9.17) is 9.47 Å². The zero-order valence-corrected chi connectivity index (χ0v) is 13.1. The fourth-order valence-corrected chi connectivity index (χ4v) is 3.05. The predicted octanol–water partition coefficient (Wildman–Crippen LogP) is 2.86. The molecule has 0 atom stereocenters. The number of aryl methyl sites for hydroxylation is 1. The molecule has 1 N–H and O–H groups in total. The monoisotopic (exact) mass is 298 g/mol. The van der Waals surface area contributed by atoms with Crippen LogP contribution in [-0.4, -0.2) is 36.7 Å². The lowest BCUT2D eigenvalue weighted by Crippen LogP contribution is -2.33. The van der Waals surface area contributed by atoms with Crippen molar-refractivity contribution in [2.24, 2.45) is 5.41 Å². The molecule has 2 heterocycles. The standard InChI is InChI=1S/C14H22N2O3S/c1-4-19-13(17)11-10(2)16-20-12(11)15-9-14(3)5-7-18-8-6-14/h15H,4-9H2,1-3H3. The van der Waals surface area contributed by atoms with Crippen molar-refractivity contribution in [3.8, 4) is 0 Å². The van der Waals surface area contributed by atoms with E-state index in [2.05, 4.69) is 16.6 Å². The van der Waals surface area contributed by atoms with Crippen molar-refractivity contribution in [2.75, 3.05) is 31.7 Å². The van der Waals surface area contributed by atoms with Crippen molar-refractivity contribution in [3.05, 3.63) is 11.3 Å². The minimum atomic E-state index is -0.293. The van der Waals surface area contributed by atoms with Crippen LogP contribution < -0.4 is 5.32 Å². The maximum absolute atomic E-state index is 12.0. The van der Waals surface area contributed by atoms with E-state index in [0.717, 1.165) is 43.3 Å². The number of hydrogen-bond acceptors (Lipinski definition) is 6. The molecule has 0 radical (unpaired) electrons. The molecule has 0 amide bonds. The van der Waals surface area contributed by atoms with Gasteiger partial charge in [0.05, 0.1) is 12.3 Å². The largest absolute Gasteiger partial charge is 0.462 e. The Balaban J connectivity index is 2.04. The molecule has 2 rings (SSSR count). The smallest absolute Gasteiger partial charge is 0.343 e. The molecule has 1 fully saturated rings. The molecule has 1 aromatic rings. The number of hydrogen-bond donors (Lipinski definition) is 1. The summed E-state index contributed by atoms with van der Waals surface area (Å²) in [4.78, 5) is 12.0. The molecule has 0 aromatic carbocycles. The molecule has 20 heavy (non-hydrogen) atoms. The van der Waals surface area contributed by atoms with E-state index in [1.54, 1.807) is 0 Å². The average Bonchev–Trinajstić information content (AvgIpc) is 2.79. The number of rotatable bonds is 5. The van der Waals surface area contributed by atoms with Crippen molar-refractivity contribution in [1.82, 2.24) is 4.37 Å². The topological polar surface area (TPSA) is 60.5 Å². The lowest BCUT2D eigenvalue weighted by Gasteiger charge is -2.33. The molecule has 1 saturated heterocycles. The van der Waals surface area contributed by atoms with Gasteiger partial charge in [-0.3, -0.25) is 0 Å². The van der Waals surface area contributed by atoms with Crippen LogP contribution in [0.3, 0.4) is 0 Å². The Hall–Kier alpha value is -1.14. The minimum absolute atomic E-state index is 0.210. The second-order valence-corrected chi connectivity index (χ2v) is 6.24. The summed E-state index contributed by atoms with van der Waals surface area (Å²) in [6.45, 7) is 8.72. The van der Waals surface area contributed by atoms with Gasteiger partial charge in [0, 0.05) is 19.8 Å². The first-order chi connectivity index (χ1) is 9.56. The van der Waals surface area contributed by atoms with Crippen LogP contribution in [0.25, 0.3) is 0 Å². The molecule has 1 aliphatic heterocycles. The average molecular weight is 298 g/mol. The summed E-state index contributed by atoms with van der Waals surface area (Å²) in [6.07, 6.45) is 2.07. The van der Waals surface area contributed by atoms with Crippen molar-refractivity contribution >= 4 is 22.5 Å². The summed E-state index contributed by atoms with van der Waals surface area (Å²) >= 11 is 1.32. The third-order valence-corrected chi connectivity index (χ3v) is 4.61. The van der Waals surface area contributed by atoms with E-state index in [0.29, 0.717) is 12.2 Å². The zero-order chi connectivity index (χ0) is 14.6. The molecule has 0 spiro atoms. The summed E-state index contributed by atoms with van der Waals surface area (Å²) in [7, 11) is 0. The molecule has 0 unspecified atom stereocenters. The molecular weight excluding hydrogens is 276 g/mol. The number of anilines is 1. The maximum atomic E-state index is 12.0. The number of carbonyl (C=O) groups excluding carboxylic acids is 1. The Morgan fingerprint density at radius 2 is 2.20 bits per heavy atom. The summed E-state index contributed by atoms with van der Waals surface area (Å²) in [6, 6.07) is 0. The van der Waals surface area contributed by atoms with E-state index >= 15 is 0 Å². The molecule has 0 aliphatic carbocycles. The van der Waals surface area contributed by atoms with Crippen molar-refractivity contribution in [3.63, 3.8) is 0 Å². The lowest BCUT2D eigenvalue weighted by molar-refractivity contribution is 0.0300. The van der Waals surface area contributed by atoms with Crippen molar-refractivity contribution < 1.29 is 14.3 Å². The highest BCUT2D eigenvalue weighted by Crippen LogP contribution is 2.32. The van der Waals surface area contributed by atoms with Gasteiger partial charge in [-0.25, -0.2) is 4.79 Å². The second kappa shape index (κ2) is 6.54. The van der Waals surface area contributed by atoms with Gasteiger partial charge in [-0.2, -0.15) is 4.37 Å². The number of carbonyl (C=O) groups is 1. The first-order valence-electron chi connectivity index (χ1n) is 7.01. The first-order valence-corrected chi connectivity index (χ1v) is 7.78. The van der Waals surface area contributed by atoms with Crippen LogP contribution in [-0.2, 0) is 9.47 Å². The first kappa shape index (κ1) is 15.3. The summed E-state index contributed by atoms with van der Waals surface area (Å²) < 4.78 is 14.8. The fourth-order valence-electron chi connectivity index (χ4n) is 2.27. The van der Waals surface area contributed by atoms with Gasteiger partial charge in [0.25, 0.3) is 0 Å². The van der Waals surface area contributed by atoms with Crippen molar-refractivity contribution in [1.29, 1.82) is 0 Å². The highest BCUT2D eigenvalue weighted by Gasteiger charge is 2.28. The zero-order valence-electron chi connectivity index (χ0n) is 12.3. The summed E-state index contributed by atoms with van der Waals surface area (Å²) in [5.74, 6) is -0.293. The van der Waals surface area contributed by atoms with Gasteiger partial charge in [0.15, 0.2) is 0 Å². The minimum Gasteiger partial charge on any atom is -0.462 e. The quantitative estimate of drug-likeness (QED) is 0.847. The Kier molecular flexibility index (Phi) is 4.99. The predicted molar refractivity (Wildman–Crippen MR) is 79.5 cm³/mol. The number of esters is 1. The van der Waals surface area contributed by atoms with Crippen LogP contribution in [0.4, 0.5) is 5.00 Å². The van der Waals surface area contributed by atoms with Crippen LogP contribution in [0.1, 0.15) is 42.7 Å². The Bertz CT molecular complexity index is 467. The van der Waals surface area contributed by atoms with Gasteiger partial charge in [-0.15, -0.1) is 0 Å². The van der Waals surface area contributed by atoms with Gasteiger partial charge >= 0.3 is 5.97 Å². The molecule has 0 saturated carbocycles. The van der Waals surface area contributed by atoms with Crippen LogP contribution in [0, 0.1) is 12.3 Å². The Labute approximate surface area is 123 Å². The Morgan fingerprint density at radius 1 is 1.50 bits per heavy atom. The number of aromatic nitrogens is 1. The SMILES string of the molecule is CCOC(=O)c1c(C)nsc1NCC1(C)CCOCC1. The normalized spacial score (nSPS) is 17.8. The summed E-state index contributed by atoms with van der Waals surface area (Å²) in [5, 5.41) is 4.20.